The van der Waals surface area contributed by atoms with Crippen LogP contribution in [0.4, 0.5) is 0 Å². The van der Waals surface area contributed by atoms with Gasteiger partial charge in [0.1, 0.15) is 0 Å². The SMILES string of the molecule is COC(=O)[C@H]1CC(O[Si](c2ccccc2)(c2ccccc2)C(C)(C)C)[C@@H](C)[C@@H](OS(=O)(=O)c2ccc(C)cc2)C1. The highest BCUT2D eigenvalue weighted by molar-refractivity contribution is 7.86. The minimum atomic E-state index is -4.06. The number of benzene rings is 3. The number of hydrogen-bond acceptors (Lipinski definition) is 6. The molecule has 4 rings (SSSR count). The van der Waals surface area contributed by atoms with Crippen LogP contribution in [0.15, 0.2) is 89.8 Å². The summed E-state index contributed by atoms with van der Waals surface area (Å²) >= 11 is 0. The van der Waals surface area contributed by atoms with Gasteiger partial charge >= 0.3 is 5.97 Å². The maximum Gasteiger partial charge on any atom is 0.308 e. The highest BCUT2D eigenvalue weighted by atomic mass is 32.2. The molecule has 1 saturated carbocycles. The first-order chi connectivity index (χ1) is 18.9. The van der Waals surface area contributed by atoms with Crippen LogP contribution in [-0.4, -0.2) is 42.0 Å². The van der Waals surface area contributed by atoms with Gasteiger partial charge in [0, 0.05) is 5.92 Å². The van der Waals surface area contributed by atoms with E-state index < -0.39 is 36.6 Å². The minimum absolute atomic E-state index is 0.0925. The first-order valence-corrected chi connectivity index (χ1v) is 17.1. The van der Waals surface area contributed by atoms with E-state index in [1.165, 1.54) is 7.11 Å². The van der Waals surface area contributed by atoms with Crippen LogP contribution >= 0.6 is 0 Å². The smallest absolute Gasteiger partial charge is 0.308 e. The minimum Gasteiger partial charge on any atom is -0.469 e. The van der Waals surface area contributed by atoms with Crippen LogP contribution in [0.25, 0.3) is 0 Å². The van der Waals surface area contributed by atoms with E-state index in [4.69, 9.17) is 13.3 Å². The van der Waals surface area contributed by atoms with Crippen LogP contribution in [0.5, 0.6) is 0 Å². The Balaban J connectivity index is 1.78. The van der Waals surface area contributed by atoms with Crippen molar-refractivity contribution in [2.45, 2.75) is 69.6 Å². The molecule has 0 aromatic heterocycles. The Kier molecular flexibility index (Phi) is 9.04. The van der Waals surface area contributed by atoms with Gasteiger partial charge in [-0.25, -0.2) is 0 Å². The summed E-state index contributed by atoms with van der Waals surface area (Å²) in [6.45, 7) is 10.4. The van der Waals surface area contributed by atoms with Crippen molar-refractivity contribution in [1.82, 2.24) is 0 Å². The Labute approximate surface area is 239 Å². The fourth-order valence-electron chi connectivity index (χ4n) is 5.81. The molecule has 0 bridgehead atoms. The van der Waals surface area contributed by atoms with Crippen LogP contribution in [0.3, 0.4) is 0 Å². The lowest BCUT2D eigenvalue weighted by Crippen LogP contribution is -2.68. The van der Waals surface area contributed by atoms with Gasteiger partial charge in [-0.05, 0) is 47.3 Å². The van der Waals surface area contributed by atoms with Crippen molar-refractivity contribution in [2.75, 3.05) is 7.11 Å². The van der Waals surface area contributed by atoms with Gasteiger partial charge in [0.15, 0.2) is 0 Å². The Morgan fingerprint density at radius 2 is 1.32 bits per heavy atom. The lowest BCUT2D eigenvalue weighted by molar-refractivity contribution is -0.150. The second-order valence-electron chi connectivity index (χ2n) is 11.8. The second-order valence-corrected chi connectivity index (χ2v) is 17.6. The molecule has 40 heavy (non-hydrogen) atoms. The van der Waals surface area contributed by atoms with Crippen molar-refractivity contribution in [3.05, 3.63) is 90.5 Å². The lowest BCUT2D eigenvalue weighted by atomic mass is 9.79. The zero-order valence-corrected chi connectivity index (χ0v) is 26.0. The van der Waals surface area contributed by atoms with Crippen molar-refractivity contribution in [2.24, 2.45) is 11.8 Å². The zero-order valence-electron chi connectivity index (χ0n) is 24.2. The normalized spacial score (nSPS) is 22.1. The topological polar surface area (TPSA) is 78.9 Å². The van der Waals surface area contributed by atoms with Crippen LogP contribution in [0, 0.1) is 18.8 Å². The number of methoxy groups -OCH3 is 1. The third-order valence-corrected chi connectivity index (χ3v) is 14.5. The van der Waals surface area contributed by atoms with Gasteiger partial charge in [0.2, 0.25) is 0 Å². The third kappa shape index (κ3) is 6.10. The predicted octanol–water partition coefficient (Wildman–Crippen LogP) is 5.23. The number of rotatable bonds is 8. The standard InChI is InChI=1S/C32H40O6SSi/c1-23-17-19-26(20-18-23)39(34,35)37-29-21-25(31(33)36-6)22-30(24(29)2)38-40(32(3,4)5,27-13-9-7-10-14-27)28-15-11-8-12-16-28/h7-20,24-25,29-30H,21-22H2,1-6H3/t24-,25+,29-,30?/m0/s1. The average Bonchev–Trinajstić information content (AvgIpc) is 2.93. The number of carbonyl (C=O) groups excluding carboxylic acids is 1. The summed E-state index contributed by atoms with van der Waals surface area (Å²) in [5, 5.41) is 1.95. The van der Waals surface area contributed by atoms with Crippen LogP contribution in [-0.2, 0) is 28.3 Å². The van der Waals surface area contributed by atoms with Gasteiger partial charge in [0.05, 0.1) is 30.1 Å². The van der Waals surface area contributed by atoms with E-state index in [2.05, 4.69) is 45.0 Å². The molecule has 0 N–H and O–H groups in total. The molecule has 1 fully saturated rings. The molecule has 3 aromatic carbocycles. The van der Waals surface area contributed by atoms with E-state index >= 15 is 0 Å². The molecular weight excluding hydrogens is 540 g/mol. The number of hydrogen-bond donors (Lipinski definition) is 0. The van der Waals surface area contributed by atoms with Crippen molar-refractivity contribution in [3.8, 4) is 0 Å². The van der Waals surface area contributed by atoms with Gasteiger partial charge in [-0.1, -0.05) is 106 Å². The fourth-order valence-corrected chi connectivity index (χ4v) is 11.7. The van der Waals surface area contributed by atoms with Crippen LogP contribution in [0.2, 0.25) is 5.04 Å². The van der Waals surface area contributed by atoms with Gasteiger partial charge in [-0.2, -0.15) is 8.42 Å². The van der Waals surface area contributed by atoms with E-state index in [0.717, 1.165) is 15.9 Å². The first kappa shape index (κ1) is 30.2. The van der Waals surface area contributed by atoms with Crippen molar-refractivity contribution < 1.29 is 26.6 Å². The van der Waals surface area contributed by atoms with E-state index in [1.54, 1.807) is 24.3 Å². The predicted molar refractivity (Wildman–Crippen MR) is 160 cm³/mol. The van der Waals surface area contributed by atoms with Crippen molar-refractivity contribution in [3.63, 3.8) is 0 Å². The molecule has 0 spiro atoms. The lowest BCUT2D eigenvalue weighted by Gasteiger charge is -2.48. The molecule has 0 aliphatic heterocycles. The number of esters is 1. The van der Waals surface area contributed by atoms with Crippen molar-refractivity contribution >= 4 is 34.8 Å². The summed E-state index contributed by atoms with van der Waals surface area (Å²) in [4.78, 5) is 13.0. The Bertz CT molecular complexity index is 1350. The number of carbonyl (C=O) groups is 1. The monoisotopic (exact) mass is 580 g/mol. The number of ether oxygens (including phenoxy) is 1. The molecular formula is C32H40O6SSi. The highest BCUT2D eigenvalue weighted by Crippen LogP contribution is 2.42. The summed E-state index contributed by atoms with van der Waals surface area (Å²) in [5.41, 5.74) is 0.953. The fraction of sp³-hybridized carbons (Fsp3) is 0.406. The van der Waals surface area contributed by atoms with Crippen LogP contribution in [0.1, 0.15) is 46.1 Å². The summed E-state index contributed by atoms with van der Waals surface area (Å²) in [7, 11) is -5.67. The molecule has 3 aromatic rings. The second kappa shape index (κ2) is 12.0. The van der Waals surface area contributed by atoms with Crippen LogP contribution < -0.4 is 10.4 Å². The van der Waals surface area contributed by atoms with Gasteiger partial charge in [-0.3, -0.25) is 8.98 Å². The summed E-state index contributed by atoms with van der Waals surface area (Å²) in [6.07, 6.45) is -0.544. The molecule has 0 radical (unpaired) electrons. The third-order valence-electron chi connectivity index (χ3n) is 8.05. The van der Waals surface area contributed by atoms with Crippen molar-refractivity contribution in [1.29, 1.82) is 0 Å². The average molecular weight is 581 g/mol. The molecule has 4 atom stereocenters. The largest absolute Gasteiger partial charge is 0.469 e. The molecule has 0 amide bonds. The van der Waals surface area contributed by atoms with E-state index in [-0.39, 0.29) is 28.2 Å². The van der Waals surface area contributed by atoms with Gasteiger partial charge in [0.25, 0.3) is 18.4 Å². The molecule has 0 saturated heterocycles. The molecule has 6 nitrogen and oxygen atoms in total. The molecule has 214 valence electrons. The van der Waals surface area contributed by atoms with E-state index in [0.29, 0.717) is 6.42 Å². The highest BCUT2D eigenvalue weighted by Gasteiger charge is 2.54. The Hall–Kier alpha value is -2.78. The number of aryl methyl sites for hydroxylation is 1. The molecule has 1 aliphatic rings. The Morgan fingerprint density at radius 3 is 1.80 bits per heavy atom. The quantitative estimate of drug-likeness (QED) is 0.206. The molecule has 0 heterocycles. The summed E-state index contributed by atoms with van der Waals surface area (Å²) in [5.74, 6) is -1.24. The summed E-state index contributed by atoms with van der Waals surface area (Å²) in [6, 6.07) is 27.1. The first-order valence-electron chi connectivity index (χ1n) is 13.8. The maximum atomic E-state index is 13.3. The van der Waals surface area contributed by atoms with Gasteiger partial charge in [-0.15, -0.1) is 0 Å². The molecule has 1 unspecified atom stereocenters. The summed E-state index contributed by atoms with van der Waals surface area (Å²) < 4.78 is 45.0. The van der Waals surface area contributed by atoms with E-state index in [1.807, 2.05) is 50.2 Å². The van der Waals surface area contributed by atoms with E-state index in [9.17, 15) is 13.2 Å². The van der Waals surface area contributed by atoms with Gasteiger partial charge < -0.3 is 9.16 Å². The molecule has 1 aliphatic carbocycles. The molecule has 8 heteroatoms. The zero-order chi connectivity index (χ0) is 29.1. The maximum absolute atomic E-state index is 13.3. The Morgan fingerprint density at radius 1 is 0.825 bits per heavy atom.